The number of hydrogen-bond acceptors (Lipinski definition) is 3. The SMILES string of the molecule is COC1OC(CCCCC(F)(F)F)C(CCCCC(F)(F)F)O1. The van der Waals surface area contributed by atoms with Crippen LogP contribution in [0.4, 0.5) is 26.3 Å². The van der Waals surface area contributed by atoms with Crippen molar-refractivity contribution in [3.63, 3.8) is 0 Å². The van der Waals surface area contributed by atoms with E-state index in [1.165, 1.54) is 7.11 Å². The van der Waals surface area contributed by atoms with Crippen molar-refractivity contribution >= 4 is 0 Å². The Hall–Kier alpha value is -0.540. The fourth-order valence-corrected chi connectivity index (χ4v) is 2.45. The Morgan fingerprint density at radius 2 is 1.13 bits per heavy atom. The van der Waals surface area contributed by atoms with Crippen molar-refractivity contribution in [3.8, 4) is 0 Å². The number of halogens is 6. The molecule has 1 aliphatic rings. The standard InChI is InChI=1S/C14H22F6O3/c1-21-12-22-10(6-2-4-8-13(15,16)17)11(23-12)7-3-5-9-14(18,19)20/h10-12H,2-9H2,1H3. The molecule has 0 aliphatic carbocycles. The monoisotopic (exact) mass is 352 g/mol. The maximum absolute atomic E-state index is 12.1. The Kier molecular flexibility index (Phi) is 8.09. The predicted molar refractivity (Wildman–Crippen MR) is 69.6 cm³/mol. The summed E-state index contributed by atoms with van der Waals surface area (Å²) in [4.78, 5) is 0. The summed E-state index contributed by atoms with van der Waals surface area (Å²) in [6.45, 7) is -0.907. The van der Waals surface area contributed by atoms with Crippen molar-refractivity contribution in [1.29, 1.82) is 0 Å². The Balaban J connectivity index is 2.30. The fourth-order valence-electron chi connectivity index (χ4n) is 2.45. The fraction of sp³-hybridized carbons (Fsp3) is 1.00. The third-order valence-corrected chi connectivity index (χ3v) is 3.58. The van der Waals surface area contributed by atoms with E-state index in [-0.39, 0.29) is 12.8 Å². The van der Waals surface area contributed by atoms with Gasteiger partial charge < -0.3 is 14.2 Å². The van der Waals surface area contributed by atoms with Crippen molar-refractivity contribution in [3.05, 3.63) is 0 Å². The van der Waals surface area contributed by atoms with Crippen molar-refractivity contribution in [2.24, 2.45) is 0 Å². The van der Waals surface area contributed by atoms with Gasteiger partial charge in [-0.3, -0.25) is 0 Å². The normalized spacial score (nSPS) is 26.0. The maximum Gasteiger partial charge on any atom is 0.389 e. The Labute approximate surface area is 131 Å². The molecule has 0 spiro atoms. The lowest BCUT2D eigenvalue weighted by atomic mass is 10.0. The molecule has 0 aromatic heterocycles. The van der Waals surface area contributed by atoms with Crippen LogP contribution in [0, 0.1) is 0 Å². The Morgan fingerprint density at radius 1 is 0.739 bits per heavy atom. The molecule has 3 nitrogen and oxygen atoms in total. The van der Waals surface area contributed by atoms with Gasteiger partial charge in [-0.2, -0.15) is 26.3 Å². The summed E-state index contributed by atoms with van der Waals surface area (Å²) in [6.07, 6.45) is -9.65. The highest BCUT2D eigenvalue weighted by Gasteiger charge is 2.36. The van der Waals surface area contributed by atoms with Gasteiger partial charge >= 0.3 is 12.4 Å². The number of alkyl halides is 6. The summed E-state index contributed by atoms with van der Waals surface area (Å²) in [7, 11) is 1.36. The zero-order valence-electron chi connectivity index (χ0n) is 12.9. The lowest BCUT2D eigenvalue weighted by Gasteiger charge is -2.16. The zero-order chi connectivity index (χ0) is 17.5. The average Bonchev–Trinajstić information content (AvgIpc) is 2.80. The van der Waals surface area contributed by atoms with Crippen LogP contribution >= 0.6 is 0 Å². The Morgan fingerprint density at radius 3 is 1.43 bits per heavy atom. The quantitative estimate of drug-likeness (QED) is 0.434. The summed E-state index contributed by atoms with van der Waals surface area (Å²) in [6, 6.07) is 0. The lowest BCUT2D eigenvalue weighted by Crippen LogP contribution is -2.23. The second kappa shape index (κ2) is 9.08. The van der Waals surface area contributed by atoms with Crippen LogP contribution in [-0.2, 0) is 14.2 Å². The number of rotatable bonds is 9. The van der Waals surface area contributed by atoms with Gasteiger partial charge in [-0.05, 0) is 25.7 Å². The van der Waals surface area contributed by atoms with Crippen molar-refractivity contribution in [2.45, 2.75) is 82.4 Å². The highest BCUT2D eigenvalue weighted by atomic mass is 19.4. The van der Waals surface area contributed by atoms with E-state index in [4.69, 9.17) is 14.2 Å². The minimum Gasteiger partial charge on any atom is -0.333 e. The van der Waals surface area contributed by atoms with Crippen LogP contribution in [0.25, 0.3) is 0 Å². The second-order valence-corrected chi connectivity index (χ2v) is 5.60. The van der Waals surface area contributed by atoms with Crippen LogP contribution < -0.4 is 0 Å². The minimum absolute atomic E-state index is 0.0121. The summed E-state index contributed by atoms with van der Waals surface area (Å²) in [5, 5.41) is 0. The average molecular weight is 352 g/mol. The van der Waals surface area contributed by atoms with E-state index in [1.807, 2.05) is 0 Å². The van der Waals surface area contributed by atoms with Crippen molar-refractivity contribution in [1.82, 2.24) is 0 Å². The molecular weight excluding hydrogens is 330 g/mol. The summed E-state index contributed by atoms with van der Waals surface area (Å²) in [5.74, 6) is 0. The van der Waals surface area contributed by atoms with Gasteiger partial charge in [0, 0.05) is 20.0 Å². The molecule has 23 heavy (non-hydrogen) atoms. The van der Waals surface area contributed by atoms with Crippen molar-refractivity contribution < 1.29 is 40.6 Å². The second-order valence-electron chi connectivity index (χ2n) is 5.60. The molecule has 0 aromatic rings. The van der Waals surface area contributed by atoms with Gasteiger partial charge in [0.1, 0.15) is 0 Å². The molecule has 0 N–H and O–H groups in total. The highest BCUT2D eigenvalue weighted by Crippen LogP contribution is 2.30. The number of methoxy groups -OCH3 is 1. The van der Waals surface area contributed by atoms with Crippen LogP contribution in [0.15, 0.2) is 0 Å². The Bertz CT molecular complexity index is 301. The highest BCUT2D eigenvalue weighted by molar-refractivity contribution is 4.76. The van der Waals surface area contributed by atoms with Crippen LogP contribution in [-0.4, -0.2) is 38.1 Å². The molecule has 1 rings (SSSR count). The van der Waals surface area contributed by atoms with Crippen molar-refractivity contribution in [2.75, 3.05) is 7.11 Å². The smallest absolute Gasteiger partial charge is 0.333 e. The first-order valence-corrected chi connectivity index (χ1v) is 7.58. The number of unbranched alkanes of at least 4 members (excludes halogenated alkanes) is 2. The topological polar surface area (TPSA) is 27.7 Å². The first-order valence-electron chi connectivity index (χ1n) is 7.58. The zero-order valence-corrected chi connectivity index (χ0v) is 12.9. The molecular formula is C14H22F6O3. The summed E-state index contributed by atoms with van der Waals surface area (Å²) in [5.41, 5.74) is 0. The number of hydrogen-bond donors (Lipinski definition) is 0. The van der Waals surface area contributed by atoms with Crippen LogP contribution in [0.3, 0.4) is 0 Å². The van der Waals surface area contributed by atoms with Crippen LogP contribution in [0.5, 0.6) is 0 Å². The van der Waals surface area contributed by atoms with E-state index < -0.39 is 43.9 Å². The molecule has 0 amide bonds. The molecule has 1 aliphatic heterocycles. The minimum atomic E-state index is -4.18. The molecule has 0 saturated carbocycles. The van der Waals surface area contributed by atoms with Gasteiger partial charge in [-0.15, -0.1) is 0 Å². The molecule has 2 unspecified atom stereocenters. The molecule has 1 fully saturated rings. The third-order valence-electron chi connectivity index (χ3n) is 3.58. The van der Waals surface area contributed by atoms with Crippen LogP contribution in [0.1, 0.15) is 51.4 Å². The molecule has 0 aromatic carbocycles. The van der Waals surface area contributed by atoms with Gasteiger partial charge in [0.2, 0.25) is 0 Å². The molecule has 0 bridgehead atoms. The van der Waals surface area contributed by atoms with E-state index in [2.05, 4.69) is 0 Å². The van der Waals surface area contributed by atoms with Gasteiger partial charge in [0.25, 0.3) is 6.48 Å². The van der Waals surface area contributed by atoms with Gasteiger partial charge in [-0.25, -0.2) is 0 Å². The van der Waals surface area contributed by atoms with Gasteiger partial charge in [0.15, 0.2) is 0 Å². The molecule has 1 saturated heterocycles. The van der Waals surface area contributed by atoms with E-state index in [0.29, 0.717) is 25.7 Å². The lowest BCUT2D eigenvalue weighted by molar-refractivity contribution is -0.229. The molecule has 1 heterocycles. The summed E-state index contributed by atoms with van der Waals surface area (Å²) >= 11 is 0. The van der Waals surface area contributed by atoms with Gasteiger partial charge in [-0.1, -0.05) is 12.8 Å². The largest absolute Gasteiger partial charge is 0.389 e. The molecule has 9 heteroatoms. The van der Waals surface area contributed by atoms with E-state index >= 15 is 0 Å². The molecule has 0 radical (unpaired) electrons. The summed E-state index contributed by atoms with van der Waals surface area (Å²) < 4.78 is 88.2. The molecule has 138 valence electrons. The van der Waals surface area contributed by atoms with Crippen LogP contribution in [0.2, 0.25) is 0 Å². The van der Waals surface area contributed by atoms with E-state index in [9.17, 15) is 26.3 Å². The maximum atomic E-state index is 12.1. The molecule has 2 atom stereocenters. The number of ether oxygens (including phenoxy) is 3. The first kappa shape index (κ1) is 20.5. The predicted octanol–water partition coefficient (Wildman–Crippen LogP) is 4.95. The first-order chi connectivity index (χ1) is 10.6. The van der Waals surface area contributed by atoms with E-state index in [1.54, 1.807) is 0 Å². The third kappa shape index (κ3) is 9.36. The van der Waals surface area contributed by atoms with Gasteiger partial charge in [0.05, 0.1) is 12.2 Å². The van der Waals surface area contributed by atoms with E-state index in [0.717, 1.165) is 0 Å².